The summed E-state index contributed by atoms with van der Waals surface area (Å²) in [5.74, 6) is 0. The lowest BCUT2D eigenvalue weighted by molar-refractivity contribution is 0.517. The minimum absolute atomic E-state index is 0.0580. The van der Waals surface area contributed by atoms with Crippen LogP contribution in [0, 0.1) is 5.41 Å². The van der Waals surface area contributed by atoms with Crippen LogP contribution in [0.2, 0.25) is 0 Å². The largest absolute Gasteiger partial charge is 0.312 e. The number of para-hydroxylation sites is 1. The molecule has 0 saturated heterocycles. The first-order valence-electron chi connectivity index (χ1n) is 18.8. The van der Waals surface area contributed by atoms with Crippen molar-refractivity contribution in [3.8, 4) is 22.3 Å². The summed E-state index contributed by atoms with van der Waals surface area (Å²) in [6.07, 6.45) is 11.8. The Bertz CT molecular complexity index is 2680. The molecule has 6 aliphatic rings. The molecule has 5 aliphatic carbocycles. The molecule has 1 unspecified atom stereocenters. The van der Waals surface area contributed by atoms with Gasteiger partial charge in [0.25, 0.3) is 0 Å². The van der Waals surface area contributed by atoms with Gasteiger partial charge in [-0.15, -0.1) is 0 Å². The summed E-state index contributed by atoms with van der Waals surface area (Å²) < 4.78 is 0. The van der Waals surface area contributed by atoms with E-state index in [-0.39, 0.29) is 16.2 Å². The fourth-order valence-electron chi connectivity index (χ4n) is 11.3. The van der Waals surface area contributed by atoms with Crippen molar-refractivity contribution in [2.24, 2.45) is 5.41 Å². The molecule has 0 fully saturated rings. The third kappa shape index (κ3) is 3.32. The minimum Gasteiger partial charge on any atom is -0.312 e. The van der Waals surface area contributed by atoms with Crippen LogP contribution in [0.5, 0.6) is 0 Å². The maximum Gasteiger partial charge on any atom is 0.0722 e. The quantitative estimate of drug-likeness (QED) is 0.169. The second kappa shape index (κ2) is 9.69. The topological polar surface area (TPSA) is 3.24 Å². The lowest BCUT2D eigenvalue weighted by Gasteiger charge is -2.49. The van der Waals surface area contributed by atoms with Gasteiger partial charge in [0, 0.05) is 16.9 Å². The lowest BCUT2D eigenvalue weighted by atomic mass is 9.62. The van der Waals surface area contributed by atoms with E-state index < -0.39 is 0 Å². The van der Waals surface area contributed by atoms with Gasteiger partial charge in [0.2, 0.25) is 0 Å². The summed E-state index contributed by atoms with van der Waals surface area (Å²) in [6.45, 7) is 4.80. The van der Waals surface area contributed by atoms with E-state index >= 15 is 0 Å². The van der Waals surface area contributed by atoms with Gasteiger partial charge in [-0.2, -0.15) is 0 Å². The molecule has 0 N–H and O–H groups in total. The standard InChI is InChI=1S/C51H37N/c1-49(2)30-32-28-33(25-26-34(32)35-14-3-8-19-41(35)49)52-47-24-12-7-18-39(47)42-23-13-27-50(42)31-40-38-17-6-11-22-45(38)51(46(40)29-48(50)52)43-20-9-4-15-36(43)37-16-5-10-21-44(37)51/h3-29H,30-31H2,1-2H3. The number of fused-ring (bicyclic) bond motifs is 14. The molecule has 0 bridgehead atoms. The third-order valence-corrected chi connectivity index (χ3v) is 13.3. The van der Waals surface area contributed by atoms with E-state index in [1.54, 1.807) is 0 Å². The maximum absolute atomic E-state index is 2.63. The molecule has 1 heteroatoms. The molecule has 52 heavy (non-hydrogen) atoms. The zero-order valence-corrected chi connectivity index (χ0v) is 29.4. The van der Waals surface area contributed by atoms with Crippen LogP contribution in [0.15, 0.2) is 175 Å². The molecule has 1 heterocycles. The van der Waals surface area contributed by atoms with Crippen molar-refractivity contribution in [3.05, 3.63) is 214 Å². The van der Waals surface area contributed by atoms with Crippen molar-refractivity contribution in [2.45, 2.75) is 37.5 Å². The second-order valence-electron chi connectivity index (χ2n) is 16.2. The average Bonchev–Trinajstić information content (AvgIpc) is 3.83. The summed E-state index contributed by atoms with van der Waals surface area (Å²) in [7, 11) is 0. The number of allylic oxidation sites excluding steroid dienone is 6. The highest BCUT2D eigenvalue weighted by Crippen LogP contribution is 2.69. The SMILES string of the molecule is CC1(C)Cc2cc(N3C4=CC5=C(CC46C=CC=C6c4ccccc43)c3ccccc3C53c4ccccc4-c4ccccc43)ccc2-c2ccccc21. The van der Waals surface area contributed by atoms with E-state index in [2.05, 4.69) is 183 Å². The fourth-order valence-corrected chi connectivity index (χ4v) is 11.3. The second-order valence-corrected chi connectivity index (χ2v) is 16.2. The van der Waals surface area contributed by atoms with Crippen LogP contribution in [0.3, 0.4) is 0 Å². The highest BCUT2D eigenvalue weighted by molar-refractivity contribution is 6.02. The van der Waals surface area contributed by atoms with Crippen LogP contribution >= 0.6 is 0 Å². The smallest absolute Gasteiger partial charge is 0.0722 e. The van der Waals surface area contributed by atoms with Gasteiger partial charge in [0.15, 0.2) is 0 Å². The van der Waals surface area contributed by atoms with Gasteiger partial charge >= 0.3 is 0 Å². The van der Waals surface area contributed by atoms with Crippen LogP contribution in [-0.2, 0) is 17.3 Å². The normalized spacial score (nSPS) is 21.2. The van der Waals surface area contributed by atoms with Crippen molar-refractivity contribution in [3.63, 3.8) is 0 Å². The number of rotatable bonds is 1. The van der Waals surface area contributed by atoms with E-state index in [0.29, 0.717) is 0 Å². The Morgan fingerprint density at radius 1 is 0.538 bits per heavy atom. The minimum atomic E-state index is -0.369. The highest BCUT2D eigenvalue weighted by atomic mass is 15.2. The molecule has 0 amide bonds. The Morgan fingerprint density at radius 2 is 1.12 bits per heavy atom. The first-order valence-corrected chi connectivity index (χ1v) is 18.8. The number of benzene rings is 6. The molecule has 6 aromatic carbocycles. The summed E-state index contributed by atoms with van der Waals surface area (Å²) in [5, 5.41) is 0. The zero-order chi connectivity index (χ0) is 34.4. The van der Waals surface area contributed by atoms with Gasteiger partial charge in [-0.3, -0.25) is 0 Å². The van der Waals surface area contributed by atoms with E-state index in [1.165, 1.54) is 95.0 Å². The molecular formula is C51H37N. The summed E-state index contributed by atoms with van der Waals surface area (Å²) in [6, 6.07) is 53.0. The van der Waals surface area contributed by atoms with Crippen LogP contribution in [-0.4, -0.2) is 0 Å². The first kappa shape index (κ1) is 28.7. The molecular weight excluding hydrogens is 627 g/mol. The molecule has 0 saturated carbocycles. The molecule has 12 rings (SSSR count). The molecule has 0 radical (unpaired) electrons. The molecule has 0 aromatic heterocycles. The van der Waals surface area contributed by atoms with Crippen LogP contribution in [0.25, 0.3) is 33.4 Å². The van der Waals surface area contributed by atoms with Crippen molar-refractivity contribution in [1.82, 2.24) is 0 Å². The van der Waals surface area contributed by atoms with Crippen molar-refractivity contribution >= 4 is 22.5 Å². The Labute approximate surface area is 305 Å². The van der Waals surface area contributed by atoms with Gasteiger partial charge in [-0.1, -0.05) is 153 Å². The van der Waals surface area contributed by atoms with Gasteiger partial charge in [-0.25, -0.2) is 0 Å². The van der Waals surface area contributed by atoms with Gasteiger partial charge < -0.3 is 4.90 Å². The third-order valence-electron chi connectivity index (χ3n) is 13.3. The molecule has 1 nitrogen and oxygen atoms in total. The van der Waals surface area contributed by atoms with Gasteiger partial charge in [-0.05, 0) is 115 Å². The Hall–Kier alpha value is -5.92. The predicted molar refractivity (Wildman–Crippen MR) is 215 cm³/mol. The predicted octanol–water partition coefficient (Wildman–Crippen LogP) is 12.3. The van der Waals surface area contributed by atoms with Crippen molar-refractivity contribution in [2.75, 3.05) is 4.90 Å². The number of nitrogens with zero attached hydrogens (tertiary/aromatic N) is 1. The molecule has 6 aromatic rings. The average molecular weight is 664 g/mol. The Balaban J connectivity index is 1.15. The van der Waals surface area contributed by atoms with E-state index in [0.717, 1.165) is 12.8 Å². The number of hydrogen-bond acceptors (Lipinski definition) is 1. The lowest BCUT2D eigenvalue weighted by Crippen LogP contribution is -2.39. The van der Waals surface area contributed by atoms with Gasteiger partial charge in [0.1, 0.15) is 0 Å². The van der Waals surface area contributed by atoms with Crippen molar-refractivity contribution in [1.29, 1.82) is 0 Å². The summed E-state index contributed by atoms with van der Waals surface area (Å²) in [4.78, 5) is 2.63. The van der Waals surface area contributed by atoms with E-state index in [4.69, 9.17) is 0 Å². The number of anilines is 2. The Kier molecular flexibility index (Phi) is 5.36. The van der Waals surface area contributed by atoms with E-state index in [9.17, 15) is 0 Å². The summed E-state index contributed by atoms with van der Waals surface area (Å²) in [5.41, 5.74) is 22.9. The Morgan fingerprint density at radius 3 is 1.83 bits per heavy atom. The summed E-state index contributed by atoms with van der Waals surface area (Å²) >= 11 is 0. The fraction of sp³-hybridized carbons (Fsp3) is 0.137. The first-order chi connectivity index (χ1) is 25.5. The number of hydrogen-bond donors (Lipinski definition) is 0. The van der Waals surface area contributed by atoms with Crippen LogP contribution in [0.4, 0.5) is 11.4 Å². The molecule has 1 atom stereocenters. The molecule has 1 aliphatic heterocycles. The maximum atomic E-state index is 2.63. The van der Waals surface area contributed by atoms with Crippen LogP contribution in [0.1, 0.15) is 59.2 Å². The van der Waals surface area contributed by atoms with Crippen LogP contribution < -0.4 is 4.90 Å². The van der Waals surface area contributed by atoms with Crippen molar-refractivity contribution < 1.29 is 0 Å². The monoisotopic (exact) mass is 663 g/mol. The van der Waals surface area contributed by atoms with E-state index in [1.807, 2.05) is 0 Å². The molecule has 246 valence electrons. The van der Waals surface area contributed by atoms with Gasteiger partial charge in [0.05, 0.1) is 16.5 Å². The highest BCUT2D eigenvalue weighted by Gasteiger charge is 2.57. The molecule has 2 spiro atoms. The zero-order valence-electron chi connectivity index (χ0n) is 29.4.